The van der Waals surface area contributed by atoms with Crippen molar-refractivity contribution in [3.8, 4) is 0 Å². The molecule has 0 aliphatic carbocycles. The molecule has 3 aliphatic heterocycles. The number of hydrogen-bond donors (Lipinski definition) is 6. The molecule has 116 valence electrons. The van der Waals surface area contributed by atoms with Crippen LogP contribution in [0.2, 0.25) is 0 Å². The highest BCUT2D eigenvalue weighted by Crippen LogP contribution is 2.44. The van der Waals surface area contributed by atoms with Gasteiger partial charge in [0.25, 0.3) is 0 Å². The van der Waals surface area contributed by atoms with E-state index in [2.05, 4.69) is 15.3 Å². The Hall–Kier alpha value is -2.27. The third-order valence-corrected chi connectivity index (χ3v) is 4.08. The molecule has 3 aliphatic rings. The maximum atomic E-state index is 10.8. The Morgan fingerprint density at radius 2 is 2.19 bits per heavy atom. The van der Waals surface area contributed by atoms with Crippen molar-refractivity contribution in [1.82, 2.24) is 10.2 Å². The number of hydrogen-bond acceptors (Lipinski definition) is 10. The van der Waals surface area contributed by atoms with E-state index in [1.165, 1.54) is 4.90 Å². The standard InChI is InChI=1S/C10H17N7O4/c11-6-15-5-4(3-21-8(13)18)14-7(12)17-2-1-9(19,20)10(5,17)16-6/h4-5,19-20H,1-3H2,(H2,12,14)(H2,13,18)(H3,11,15,16). The first-order valence-electron chi connectivity index (χ1n) is 6.37. The van der Waals surface area contributed by atoms with Crippen LogP contribution in [0.15, 0.2) is 9.98 Å². The monoisotopic (exact) mass is 299 g/mol. The van der Waals surface area contributed by atoms with Crippen LogP contribution in [-0.2, 0) is 4.74 Å². The molecule has 0 saturated carbocycles. The first-order valence-corrected chi connectivity index (χ1v) is 6.37. The van der Waals surface area contributed by atoms with Crippen LogP contribution in [0.25, 0.3) is 0 Å². The zero-order valence-corrected chi connectivity index (χ0v) is 11.1. The number of carbonyl (C=O) groups is 1. The van der Waals surface area contributed by atoms with Crippen molar-refractivity contribution in [1.29, 1.82) is 0 Å². The van der Waals surface area contributed by atoms with Crippen molar-refractivity contribution in [3.05, 3.63) is 0 Å². The lowest BCUT2D eigenvalue weighted by atomic mass is 9.87. The molecule has 1 saturated heterocycles. The Balaban J connectivity index is 2.01. The summed E-state index contributed by atoms with van der Waals surface area (Å²) < 4.78 is 4.74. The SMILES string of the molecule is NC(=O)OCC1N=C(N)N2CCC(O)(O)C23NC(N)=NC13. The number of guanidine groups is 2. The van der Waals surface area contributed by atoms with E-state index in [1.54, 1.807) is 0 Å². The van der Waals surface area contributed by atoms with Crippen LogP contribution in [0.4, 0.5) is 4.79 Å². The average Bonchev–Trinajstić information content (AvgIpc) is 2.85. The summed E-state index contributed by atoms with van der Waals surface area (Å²) in [4.78, 5) is 20.6. The molecule has 0 aromatic heterocycles. The number of amides is 1. The van der Waals surface area contributed by atoms with E-state index in [-0.39, 0.29) is 31.5 Å². The summed E-state index contributed by atoms with van der Waals surface area (Å²) in [6.07, 6.45) is -0.923. The molecule has 9 N–H and O–H groups in total. The minimum Gasteiger partial charge on any atom is -0.447 e. The summed E-state index contributed by atoms with van der Waals surface area (Å²) in [6, 6.07) is -1.50. The fraction of sp³-hybridized carbons (Fsp3) is 0.700. The molecule has 3 atom stereocenters. The summed E-state index contributed by atoms with van der Waals surface area (Å²) in [5, 5.41) is 23.5. The topological polar surface area (TPSA) is 185 Å². The molecule has 21 heavy (non-hydrogen) atoms. The molecular weight excluding hydrogens is 282 g/mol. The Morgan fingerprint density at radius 3 is 2.86 bits per heavy atom. The van der Waals surface area contributed by atoms with Gasteiger partial charge in [0, 0.05) is 13.0 Å². The van der Waals surface area contributed by atoms with Crippen LogP contribution in [0.3, 0.4) is 0 Å². The third kappa shape index (κ3) is 1.70. The normalized spacial score (nSPS) is 36.2. The lowest BCUT2D eigenvalue weighted by molar-refractivity contribution is -0.221. The molecular formula is C10H17N7O4. The van der Waals surface area contributed by atoms with Gasteiger partial charge in [-0.1, -0.05) is 0 Å². The molecule has 3 heterocycles. The number of nitrogens with one attached hydrogen (secondary N) is 1. The first-order chi connectivity index (χ1) is 9.78. The quantitative estimate of drug-likeness (QED) is 0.280. The van der Waals surface area contributed by atoms with Crippen LogP contribution in [0.1, 0.15) is 6.42 Å². The second-order valence-corrected chi connectivity index (χ2v) is 5.25. The molecule has 0 aromatic carbocycles. The fourth-order valence-electron chi connectivity index (χ4n) is 3.23. The lowest BCUT2D eigenvalue weighted by Crippen LogP contribution is -2.76. The maximum Gasteiger partial charge on any atom is 0.404 e. The van der Waals surface area contributed by atoms with E-state index >= 15 is 0 Å². The molecule has 11 nitrogen and oxygen atoms in total. The van der Waals surface area contributed by atoms with Gasteiger partial charge in [-0.05, 0) is 0 Å². The smallest absolute Gasteiger partial charge is 0.404 e. The van der Waals surface area contributed by atoms with Crippen LogP contribution in [0, 0.1) is 0 Å². The van der Waals surface area contributed by atoms with E-state index in [0.29, 0.717) is 0 Å². The number of ether oxygens (including phenoxy) is 1. The maximum absolute atomic E-state index is 10.8. The molecule has 0 aromatic rings. The zero-order chi connectivity index (χ0) is 15.4. The Bertz CT molecular complexity index is 548. The van der Waals surface area contributed by atoms with Crippen molar-refractivity contribution >= 4 is 18.0 Å². The van der Waals surface area contributed by atoms with Gasteiger partial charge in [-0.2, -0.15) is 0 Å². The van der Waals surface area contributed by atoms with E-state index < -0.39 is 29.6 Å². The highest BCUT2D eigenvalue weighted by atomic mass is 16.5. The molecule has 3 rings (SSSR count). The minimum atomic E-state index is -2.12. The molecule has 0 radical (unpaired) electrons. The third-order valence-electron chi connectivity index (χ3n) is 4.08. The predicted molar refractivity (Wildman–Crippen MR) is 70.7 cm³/mol. The molecule has 1 spiro atoms. The fourth-order valence-corrected chi connectivity index (χ4v) is 3.23. The van der Waals surface area contributed by atoms with Gasteiger partial charge in [0.2, 0.25) is 5.79 Å². The summed E-state index contributed by atoms with van der Waals surface area (Å²) in [6.45, 7) is 0.0862. The van der Waals surface area contributed by atoms with E-state index in [0.717, 1.165) is 0 Å². The number of carbonyl (C=O) groups excluding carboxylic acids is 1. The summed E-state index contributed by atoms with van der Waals surface area (Å²) in [5.41, 5.74) is 15.1. The van der Waals surface area contributed by atoms with Crippen LogP contribution >= 0.6 is 0 Å². The van der Waals surface area contributed by atoms with E-state index in [4.69, 9.17) is 21.9 Å². The van der Waals surface area contributed by atoms with Gasteiger partial charge in [0.05, 0.1) is 0 Å². The number of primary amides is 1. The van der Waals surface area contributed by atoms with Crippen LogP contribution in [0.5, 0.6) is 0 Å². The zero-order valence-electron chi connectivity index (χ0n) is 11.1. The van der Waals surface area contributed by atoms with E-state index in [1.807, 2.05) is 0 Å². The Morgan fingerprint density at radius 1 is 1.48 bits per heavy atom. The van der Waals surface area contributed by atoms with Gasteiger partial charge in [0.1, 0.15) is 18.7 Å². The van der Waals surface area contributed by atoms with Crippen LogP contribution < -0.4 is 22.5 Å². The van der Waals surface area contributed by atoms with Crippen molar-refractivity contribution in [2.45, 2.75) is 30.0 Å². The van der Waals surface area contributed by atoms with E-state index in [9.17, 15) is 15.0 Å². The summed E-state index contributed by atoms with van der Waals surface area (Å²) in [7, 11) is 0. The van der Waals surface area contributed by atoms with Gasteiger partial charge >= 0.3 is 6.09 Å². The van der Waals surface area contributed by atoms with Gasteiger partial charge in [-0.25, -0.2) is 14.8 Å². The molecule has 0 bridgehead atoms. The molecule has 3 unspecified atom stereocenters. The second kappa shape index (κ2) is 4.11. The van der Waals surface area contributed by atoms with Crippen molar-refractivity contribution in [2.75, 3.05) is 13.2 Å². The summed E-state index contributed by atoms with van der Waals surface area (Å²) >= 11 is 0. The number of nitrogens with two attached hydrogens (primary N) is 3. The number of aliphatic imine (C=N–C) groups is 2. The summed E-state index contributed by atoms with van der Waals surface area (Å²) in [5.74, 6) is -1.99. The number of rotatable bonds is 2. The average molecular weight is 299 g/mol. The molecule has 11 heteroatoms. The Labute approximate surface area is 119 Å². The minimum absolute atomic E-state index is 0.0355. The van der Waals surface area contributed by atoms with Crippen molar-refractivity contribution in [3.63, 3.8) is 0 Å². The van der Waals surface area contributed by atoms with Gasteiger partial charge in [0.15, 0.2) is 17.6 Å². The lowest BCUT2D eigenvalue weighted by Gasteiger charge is -2.48. The van der Waals surface area contributed by atoms with Crippen molar-refractivity contribution in [2.24, 2.45) is 27.2 Å². The largest absolute Gasteiger partial charge is 0.447 e. The molecule has 1 fully saturated rings. The predicted octanol–water partition coefficient (Wildman–Crippen LogP) is -3.85. The first kappa shape index (κ1) is 13.7. The van der Waals surface area contributed by atoms with Gasteiger partial charge in [-0.15, -0.1) is 0 Å². The van der Waals surface area contributed by atoms with Gasteiger partial charge in [-0.3, -0.25) is 0 Å². The molecule has 1 amide bonds. The Kier molecular flexibility index (Phi) is 2.68. The number of aliphatic hydroxyl groups is 2. The second-order valence-electron chi connectivity index (χ2n) is 5.25. The van der Waals surface area contributed by atoms with Gasteiger partial charge < -0.3 is 42.4 Å². The highest BCUT2D eigenvalue weighted by molar-refractivity contribution is 5.87. The highest BCUT2D eigenvalue weighted by Gasteiger charge is 2.69. The number of nitrogens with zero attached hydrogens (tertiary/aromatic N) is 3. The van der Waals surface area contributed by atoms with Crippen molar-refractivity contribution < 1.29 is 19.7 Å². The van der Waals surface area contributed by atoms with Crippen LogP contribution in [-0.4, -0.2) is 69.8 Å².